The van der Waals surface area contributed by atoms with Gasteiger partial charge in [0.05, 0.1) is 0 Å². The van der Waals surface area contributed by atoms with Gasteiger partial charge in [-0.15, -0.1) is 0 Å². The fourth-order valence-electron chi connectivity index (χ4n) is 1.48. The molecule has 7 nitrogen and oxygen atoms in total. The second-order valence-electron chi connectivity index (χ2n) is 4.84. The van der Waals surface area contributed by atoms with Crippen LogP contribution in [0, 0.1) is 0 Å². The SMILES string of the molecule is CC(C)(C)OC(=O)N[C@]1(C(=O)O)CCNC1=O. The van der Waals surface area contributed by atoms with Gasteiger partial charge in [-0.1, -0.05) is 0 Å². The molecule has 1 atom stereocenters. The van der Waals surface area contributed by atoms with Crippen LogP contribution in [-0.2, 0) is 14.3 Å². The molecule has 0 radical (unpaired) electrons. The second-order valence-corrected chi connectivity index (χ2v) is 4.84. The summed E-state index contributed by atoms with van der Waals surface area (Å²) in [5.41, 5.74) is -2.67. The van der Waals surface area contributed by atoms with Crippen molar-refractivity contribution in [3.05, 3.63) is 0 Å². The van der Waals surface area contributed by atoms with Gasteiger partial charge >= 0.3 is 12.1 Å². The van der Waals surface area contributed by atoms with Crippen LogP contribution in [0.4, 0.5) is 4.79 Å². The number of rotatable bonds is 2. The van der Waals surface area contributed by atoms with Gasteiger partial charge in [-0.25, -0.2) is 9.59 Å². The number of hydrogen-bond acceptors (Lipinski definition) is 4. The molecule has 0 aliphatic carbocycles. The molecule has 96 valence electrons. The third-order valence-electron chi connectivity index (χ3n) is 2.25. The summed E-state index contributed by atoms with van der Waals surface area (Å²) in [6, 6.07) is 0. The molecule has 0 saturated carbocycles. The Labute approximate surface area is 98.5 Å². The Bertz CT molecular complexity index is 360. The van der Waals surface area contributed by atoms with Gasteiger partial charge in [-0.05, 0) is 20.8 Å². The van der Waals surface area contributed by atoms with E-state index in [0.29, 0.717) is 0 Å². The van der Waals surface area contributed by atoms with Crippen molar-refractivity contribution in [2.75, 3.05) is 6.54 Å². The number of carboxylic acid groups (broad SMARTS) is 1. The van der Waals surface area contributed by atoms with Crippen molar-refractivity contribution in [2.45, 2.75) is 38.3 Å². The molecular weight excluding hydrogens is 228 g/mol. The van der Waals surface area contributed by atoms with Gasteiger partial charge in [0.2, 0.25) is 5.54 Å². The third-order valence-corrected chi connectivity index (χ3v) is 2.25. The molecule has 0 unspecified atom stereocenters. The number of ether oxygens (including phenoxy) is 1. The minimum absolute atomic E-state index is 0.000406. The highest BCUT2D eigenvalue weighted by Crippen LogP contribution is 2.18. The summed E-state index contributed by atoms with van der Waals surface area (Å²) in [6.07, 6.45) is -0.919. The lowest BCUT2D eigenvalue weighted by Gasteiger charge is -2.25. The van der Waals surface area contributed by atoms with Crippen molar-refractivity contribution in [1.82, 2.24) is 10.6 Å². The Morgan fingerprint density at radius 1 is 1.47 bits per heavy atom. The Morgan fingerprint density at radius 3 is 2.41 bits per heavy atom. The van der Waals surface area contributed by atoms with E-state index in [4.69, 9.17) is 9.84 Å². The second kappa shape index (κ2) is 4.23. The molecule has 1 heterocycles. The number of hydrogen-bond donors (Lipinski definition) is 3. The first-order valence-corrected chi connectivity index (χ1v) is 5.20. The average molecular weight is 244 g/mol. The van der Waals surface area contributed by atoms with Crippen molar-refractivity contribution < 1.29 is 24.2 Å². The molecule has 0 aromatic rings. The molecule has 7 heteroatoms. The van der Waals surface area contributed by atoms with E-state index in [1.807, 2.05) is 0 Å². The zero-order valence-corrected chi connectivity index (χ0v) is 9.99. The zero-order chi connectivity index (χ0) is 13.3. The lowest BCUT2D eigenvalue weighted by molar-refractivity contribution is -0.149. The van der Waals surface area contributed by atoms with E-state index in [2.05, 4.69) is 10.6 Å². The number of carbonyl (C=O) groups excluding carboxylic acids is 2. The van der Waals surface area contributed by atoms with Gasteiger partial charge < -0.3 is 15.2 Å². The number of carbonyl (C=O) groups is 3. The summed E-state index contributed by atoms with van der Waals surface area (Å²) in [5.74, 6) is -2.12. The predicted octanol–water partition coefficient (Wildman–Crippen LogP) is -0.146. The summed E-state index contributed by atoms with van der Waals surface area (Å²) in [7, 11) is 0. The molecular formula is C10H16N2O5. The van der Waals surface area contributed by atoms with Crippen LogP contribution in [0.3, 0.4) is 0 Å². The lowest BCUT2D eigenvalue weighted by Crippen LogP contribution is -2.59. The molecule has 1 rings (SSSR count). The van der Waals surface area contributed by atoms with Gasteiger partial charge in [0, 0.05) is 13.0 Å². The maximum Gasteiger partial charge on any atom is 0.408 e. The number of amides is 2. The monoisotopic (exact) mass is 244 g/mol. The molecule has 17 heavy (non-hydrogen) atoms. The van der Waals surface area contributed by atoms with Crippen LogP contribution < -0.4 is 10.6 Å². The fraction of sp³-hybridized carbons (Fsp3) is 0.700. The van der Waals surface area contributed by atoms with Gasteiger partial charge in [0.15, 0.2) is 0 Å². The number of aliphatic carboxylic acids is 1. The van der Waals surface area contributed by atoms with Gasteiger partial charge in [-0.2, -0.15) is 0 Å². The molecule has 1 saturated heterocycles. The minimum Gasteiger partial charge on any atom is -0.479 e. The average Bonchev–Trinajstić information content (AvgIpc) is 2.45. The first kappa shape index (κ1) is 13.3. The van der Waals surface area contributed by atoms with E-state index >= 15 is 0 Å². The Balaban J connectivity index is 2.79. The van der Waals surface area contributed by atoms with Crippen LogP contribution in [0.25, 0.3) is 0 Å². The summed E-state index contributed by atoms with van der Waals surface area (Å²) < 4.78 is 4.93. The number of alkyl carbamates (subject to hydrolysis) is 1. The summed E-state index contributed by atoms with van der Waals surface area (Å²) >= 11 is 0. The summed E-state index contributed by atoms with van der Waals surface area (Å²) in [6.45, 7) is 5.15. The van der Waals surface area contributed by atoms with E-state index in [0.717, 1.165) is 0 Å². The fourth-order valence-corrected chi connectivity index (χ4v) is 1.48. The molecule has 0 spiro atoms. The lowest BCUT2D eigenvalue weighted by atomic mass is 9.98. The van der Waals surface area contributed by atoms with Crippen LogP contribution in [-0.4, -0.2) is 40.8 Å². The molecule has 1 fully saturated rings. The molecule has 0 aromatic carbocycles. The Kier molecular flexibility index (Phi) is 3.30. The van der Waals surface area contributed by atoms with E-state index in [-0.39, 0.29) is 13.0 Å². The minimum atomic E-state index is -1.91. The van der Waals surface area contributed by atoms with Crippen LogP contribution in [0.1, 0.15) is 27.2 Å². The van der Waals surface area contributed by atoms with E-state index in [1.165, 1.54) is 0 Å². The standard InChI is InChI=1S/C10H16N2O5/c1-9(2,3)17-8(16)12-10(7(14)15)4-5-11-6(10)13/h4-5H2,1-3H3,(H,11,13)(H,12,16)(H,14,15)/t10-/m1/s1. The van der Waals surface area contributed by atoms with Crippen molar-refractivity contribution in [3.8, 4) is 0 Å². The van der Waals surface area contributed by atoms with Crippen LogP contribution >= 0.6 is 0 Å². The maximum atomic E-state index is 11.5. The van der Waals surface area contributed by atoms with Gasteiger partial charge in [0.1, 0.15) is 5.60 Å². The van der Waals surface area contributed by atoms with Gasteiger partial charge in [-0.3, -0.25) is 10.1 Å². The van der Waals surface area contributed by atoms with E-state index < -0.39 is 29.1 Å². The Hall–Kier alpha value is -1.79. The highest BCUT2D eigenvalue weighted by Gasteiger charge is 2.51. The summed E-state index contributed by atoms with van der Waals surface area (Å²) in [5, 5.41) is 13.5. The molecule has 0 bridgehead atoms. The zero-order valence-electron chi connectivity index (χ0n) is 9.99. The largest absolute Gasteiger partial charge is 0.479 e. The summed E-state index contributed by atoms with van der Waals surface area (Å²) in [4.78, 5) is 34.1. The highest BCUT2D eigenvalue weighted by molar-refractivity contribution is 6.10. The van der Waals surface area contributed by atoms with Crippen molar-refractivity contribution in [3.63, 3.8) is 0 Å². The molecule has 1 aliphatic heterocycles. The highest BCUT2D eigenvalue weighted by atomic mass is 16.6. The molecule has 0 aromatic heterocycles. The topological polar surface area (TPSA) is 105 Å². The quantitative estimate of drug-likeness (QED) is 0.586. The van der Waals surface area contributed by atoms with Crippen LogP contribution in [0.2, 0.25) is 0 Å². The predicted molar refractivity (Wildman–Crippen MR) is 57.4 cm³/mol. The molecule has 3 N–H and O–H groups in total. The Morgan fingerprint density at radius 2 is 2.06 bits per heavy atom. The number of carboxylic acids is 1. The van der Waals surface area contributed by atoms with Crippen LogP contribution in [0.15, 0.2) is 0 Å². The third kappa shape index (κ3) is 2.86. The smallest absolute Gasteiger partial charge is 0.408 e. The van der Waals surface area contributed by atoms with E-state index in [9.17, 15) is 14.4 Å². The molecule has 1 aliphatic rings. The molecule has 2 amide bonds. The van der Waals surface area contributed by atoms with Crippen molar-refractivity contribution in [2.24, 2.45) is 0 Å². The van der Waals surface area contributed by atoms with Gasteiger partial charge in [0.25, 0.3) is 5.91 Å². The first-order valence-electron chi connectivity index (χ1n) is 5.20. The first-order chi connectivity index (χ1) is 7.67. The van der Waals surface area contributed by atoms with Crippen molar-refractivity contribution in [1.29, 1.82) is 0 Å². The van der Waals surface area contributed by atoms with Crippen molar-refractivity contribution >= 4 is 18.0 Å². The van der Waals surface area contributed by atoms with E-state index in [1.54, 1.807) is 20.8 Å². The van der Waals surface area contributed by atoms with Crippen LogP contribution in [0.5, 0.6) is 0 Å². The number of nitrogens with one attached hydrogen (secondary N) is 2. The maximum absolute atomic E-state index is 11.5. The normalized spacial score (nSPS) is 24.1.